The Morgan fingerprint density at radius 1 is 1.33 bits per heavy atom. The number of rotatable bonds is 6. The molecule has 0 amide bonds. The van der Waals surface area contributed by atoms with Gasteiger partial charge < -0.3 is 9.84 Å². The van der Waals surface area contributed by atoms with Crippen molar-refractivity contribution in [1.29, 1.82) is 0 Å². The molecule has 1 aliphatic carbocycles. The van der Waals surface area contributed by atoms with Crippen LogP contribution in [-0.4, -0.2) is 26.2 Å². The summed E-state index contributed by atoms with van der Waals surface area (Å²) in [5, 5.41) is 15.5. The first kappa shape index (κ1) is 20.3. The van der Waals surface area contributed by atoms with Crippen molar-refractivity contribution in [3.63, 3.8) is 0 Å². The Bertz CT molecular complexity index is 850. The van der Waals surface area contributed by atoms with E-state index in [0.717, 1.165) is 12.1 Å². The molecule has 1 aromatic carbocycles. The van der Waals surface area contributed by atoms with Gasteiger partial charge in [-0.15, -0.1) is 13.2 Å². The number of ether oxygens (including phenoxy) is 1. The summed E-state index contributed by atoms with van der Waals surface area (Å²) in [6, 6.07) is 3.37. The number of hydrogen-bond acceptors (Lipinski definition) is 4. The number of alkyl halides is 3. The van der Waals surface area contributed by atoms with Crippen LogP contribution in [0.3, 0.4) is 0 Å². The van der Waals surface area contributed by atoms with Gasteiger partial charge >= 0.3 is 6.36 Å². The van der Waals surface area contributed by atoms with E-state index in [9.17, 15) is 18.3 Å². The van der Waals surface area contributed by atoms with Crippen LogP contribution < -0.4 is 4.74 Å². The molecule has 1 heterocycles. The van der Waals surface area contributed by atoms with Crippen molar-refractivity contribution in [2.75, 3.05) is 0 Å². The fraction of sp³-hybridized carbons (Fsp3) is 0.375. The van der Waals surface area contributed by atoms with Crippen LogP contribution >= 0.6 is 34.8 Å². The van der Waals surface area contributed by atoms with Gasteiger partial charge in [0.2, 0.25) is 0 Å². The number of aromatic nitrogens is 3. The van der Waals surface area contributed by atoms with E-state index < -0.39 is 23.1 Å². The zero-order chi connectivity index (χ0) is 19.9. The summed E-state index contributed by atoms with van der Waals surface area (Å²) < 4.78 is 42.5. The average Bonchev–Trinajstić information content (AvgIpc) is 3.12. The summed E-state index contributed by atoms with van der Waals surface area (Å²) in [6.07, 6.45) is 0.475. The standard InChI is InChI=1S/C16H13Cl3F3N3O2/c17-12-5-10(27-16(20,21)22)1-2-11(12)15(26,7-25-9-23-8-24-25)14(3-4-14)6-13(18)19/h1-2,5-6,8-9,26H,3-4,7H2. The van der Waals surface area contributed by atoms with Crippen molar-refractivity contribution >= 4 is 34.8 Å². The average molecular weight is 443 g/mol. The fourth-order valence-corrected chi connectivity index (χ4v) is 3.85. The Labute approximate surface area is 167 Å². The number of nitrogens with zero attached hydrogens (tertiary/aromatic N) is 3. The highest BCUT2D eigenvalue weighted by atomic mass is 35.5. The molecule has 11 heteroatoms. The third-order valence-electron chi connectivity index (χ3n) is 4.47. The molecule has 3 rings (SSSR count). The predicted octanol–water partition coefficient (Wildman–Crippen LogP) is 4.82. The highest BCUT2D eigenvalue weighted by Gasteiger charge is 2.59. The molecule has 1 aromatic heterocycles. The normalized spacial score (nSPS) is 17.9. The Morgan fingerprint density at radius 2 is 2.04 bits per heavy atom. The first-order chi connectivity index (χ1) is 12.5. The molecular weight excluding hydrogens is 430 g/mol. The second-order valence-electron chi connectivity index (χ2n) is 6.23. The molecule has 2 aromatic rings. The smallest absolute Gasteiger partial charge is 0.406 e. The first-order valence-corrected chi connectivity index (χ1v) is 8.82. The Kier molecular flexibility index (Phi) is 5.37. The zero-order valence-corrected chi connectivity index (χ0v) is 15.8. The van der Waals surface area contributed by atoms with E-state index >= 15 is 0 Å². The summed E-state index contributed by atoms with van der Waals surface area (Å²) in [6.45, 7) is -0.0518. The van der Waals surface area contributed by atoms with Crippen LogP contribution in [0.1, 0.15) is 18.4 Å². The monoisotopic (exact) mass is 441 g/mol. The number of aliphatic hydroxyl groups is 1. The minimum absolute atomic E-state index is 0.0299. The Hall–Kier alpha value is -1.48. The van der Waals surface area contributed by atoms with Gasteiger partial charge in [0.1, 0.15) is 28.5 Å². The molecule has 27 heavy (non-hydrogen) atoms. The third kappa shape index (κ3) is 4.34. The lowest BCUT2D eigenvalue weighted by Gasteiger charge is -2.36. The van der Waals surface area contributed by atoms with Gasteiger partial charge in [0, 0.05) is 11.0 Å². The van der Waals surface area contributed by atoms with Gasteiger partial charge in [0.25, 0.3) is 0 Å². The summed E-state index contributed by atoms with van der Waals surface area (Å²) in [4.78, 5) is 3.84. The number of halogens is 6. The molecule has 1 atom stereocenters. The van der Waals surface area contributed by atoms with Crippen LogP contribution in [0.25, 0.3) is 0 Å². The second-order valence-corrected chi connectivity index (χ2v) is 7.65. The SMILES string of the molecule is OC(Cn1cncn1)(c1ccc(OC(F)(F)F)cc1Cl)C1(C=C(Cl)Cl)CC1. The highest BCUT2D eigenvalue weighted by molar-refractivity contribution is 6.55. The van der Waals surface area contributed by atoms with Crippen LogP contribution in [0, 0.1) is 5.41 Å². The van der Waals surface area contributed by atoms with Gasteiger partial charge in [-0.1, -0.05) is 40.9 Å². The van der Waals surface area contributed by atoms with E-state index in [2.05, 4.69) is 14.8 Å². The lowest BCUT2D eigenvalue weighted by Crippen LogP contribution is -2.40. The molecule has 1 N–H and O–H groups in total. The van der Waals surface area contributed by atoms with E-state index in [0.29, 0.717) is 12.8 Å². The summed E-state index contributed by atoms with van der Waals surface area (Å²) in [7, 11) is 0. The maximum absolute atomic E-state index is 12.4. The second kappa shape index (κ2) is 7.16. The van der Waals surface area contributed by atoms with Crippen LogP contribution in [-0.2, 0) is 12.1 Å². The third-order valence-corrected chi connectivity index (χ3v) is 5.01. The van der Waals surface area contributed by atoms with E-state index in [1.807, 2.05) is 0 Å². The van der Waals surface area contributed by atoms with Gasteiger partial charge in [0.05, 0.1) is 11.6 Å². The van der Waals surface area contributed by atoms with Crippen LogP contribution in [0.4, 0.5) is 13.2 Å². The molecule has 0 radical (unpaired) electrons. The van der Waals surface area contributed by atoms with Gasteiger partial charge in [-0.25, -0.2) is 9.67 Å². The largest absolute Gasteiger partial charge is 0.573 e. The van der Waals surface area contributed by atoms with Gasteiger partial charge in [-0.05, 0) is 31.1 Å². The van der Waals surface area contributed by atoms with Crippen molar-refractivity contribution in [2.45, 2.75) is 31.3 Å². The predicted molar refractivity (Wildman–Crippen MR) is 93.5 cm³/mol. The minimum Gasteiger partial charge on any atom is -0.406 e. The first-order valence-electron chi connectivity index (χ1n) is 7.69. The van der Waals surface area contributed by atoms with Crippen LogP contribution in [0.2, 0.25) is 5.02 Å². The number of hydrogen-bond donors (Lipinski definition) is 1. The molecule has 1 unspecified atom stereocenters. The van der Waals surface area contributed by atoms with E-state index in [-0.39, 0.29) is 21.6 Å². The zero-order valence-electron chi connectivity index (χ0n) is 13.6. The van der Waals surface area contributed by atoms with Crippen molar-refractivity contribution in [2.24, 2.45) is 5.41 Å². The van der Waals surface area contributed by atoms with Crippen LogP contribution in [0.15, 0.2) is 41.4 Å². The molecule has 0 aliphatic heterocycles. The van der Waals surface area contributed by atoms with Gasteiger partial charge in [-0.3, -0.25) is 0 Å². The van der Waals surface area contributed by atoms with Crippen LogP contribution in [0.5, 0.6) is 5.75 Å². The fourth-order valence-electron chi connectivity index (χ4n) is 3.11. The van der Waals surface area contributed by atoms with Crippen molar-refractivity contribution in [3.8, 4) is 5.75 Å². The molecule has 1 fully saturated rings. The number of benzene rings is 1. The minimum atomic E-state index is -4.85. The van der Waals surface area contributed by atoms with E-state index in [4.69, 9.17) is 34.8 Å². The lowest BCUT2D eigenvalue weighted by molar-refractivity contribution is -0.274. The summed E-state index contributed by atoms with van der Waals surface area (Å²) in [5.74, 6) is -0.491. The summed E-state index contributed by atoms with van der Waals surface area (Å²) in [5.41, 5.74) is -2.27. The van der Waals surface area contributed by atoms with Crippen molar-refractivity contribution < 1.29 is 23.0 Å². The Morgan fingerprint density at radius 3 is 2.52 bits per heavy atom. The Balaban J connectivity index is 2.05. The quantitative estimate of drug-likeness (QED) is 0.697. The topological polar surface area (TPSA) is 60.2 Å². The van der Waals surface area contributed by atoms with Crippen molar-refractivity contribution in [3.05, 3.63) is 52.0 Å². The maximum atomic E-state index is 12.4. The van der Waals surface area contributed by atoms with Gasteiger partial charge in [0.15, 0.2) is 0 Å². The molecule has 1 saturated carbocycles. The van der Waals surface area contributed by atoms with Gasteiger partial charge in [-0.2, -0.15) is 5.10 Å². The summed E-state index contributed by atoms with van der Waals surface area (Å²) >= 11 is 17.8. The maximum Gasteiger partial charge on any atom is 0.573 e. The highest BCUT2D eigenvalue weighted by Crippen LogP contribution is 2.62. The van der Waals surface area contributed by atoms with Crippen molar-refractivity contribution in [1.82, 2.24) is 14.8 Å². The molecule has 5 nitrogen and oxygen atoms in total. The lowest BCUT2D eigenvalue weighted by atomic mass is 9.78. The van der Waals surface area contributed by atoms with E-state index in [1.54, 1.807) is 0 Å². The van der Waals surface area contributed by atoms with E-state index in [1.165, 1.54) is 29.5 Å². The molecule has 0 bridgehead atoms. The molecular formula is C16H13Cl3F3N3O2. The molecule has 0 spiro atoms. The molecule has 146 valence electrons. The molecule has 1 aliphatic rings. The molecule has 0 saturated heterocycles.